The number of hydrogen-bond acceptors (Lipinski definition) is 2. The van der Waals surface area contributed by atoms with Crippen LogP contribution in [0.25, 0.3) is 0 Å². The largest absolute Gasteiger partial charge is 0.341 e. The van der Waals surface area contributed by atoms with E-state index in [4.69, 9.17) is 0 Å². The van der Waals surface area contributed by atoms with E-state index in [2.05, 4.69) is 6.92 Å². The Bertz CT molecular complexity index is 432. The van der Waals surface area contributed by atoms with Gasteiger partial charge in [0.15, 0.2) is 0 Å². The van der Waals surface area contributed by atoms with Crippen LogP contribution in [0, 0.1) is 11.3 Å². The minimum atomic E-state index is -0.343. The first-order valence-electron chi connectivity index (χ1n) is 8.59. The van der Waals surface area contributed by atoms with Gasteiger partial charge in [-0.05, 0) is 45.4 Å². The molecule has 0 aromatic heterocycles. The van der Waals surface area contributed by atoms with E-state index in [1.54, 1.807) is 0 Å². The lowest BCUT2D eigenvalue weighted by molar-refractivity contribution is -0.185. The molecule has 118 valence electrons. The maximum atomic E-state index is 13.0. The predicted octanol–water partition coefficient (Wildman–Crippen LogP) is 2.42. The van der Waals surface area contributed by atoms with Gasteiger partial charge >= 0.3 is 0 Å². The Balaban J connectivity index is 1.80. The van der Waals surface area contributed by atoms with E-state index in [9.17, 15) is 9.59 Å². The van der Waals surface area contributed by atoms with Crippen LogP contribution in [0.2, 0.25) is 0 Å². The molecule has 1 aliphatic carbocycles. The summed E-state index contributed by atoms with van der Waals surface area (Å²) in [5.41, 5.74) is -0.343. The molecule has 4 nitrogen and oxygen atoms in total. The highest BCUT2D eigenvalue weighted by Crippen LogP contribution is 2.53. The zero-order valence-corrected chi connectivity index (χ0v) is 13.6. The molecular weight excluding hydrogens is 264 g/mol. The third-order valence-corrected chi connectivity index (χ3v) is 5.84. The molecule has 1 unspecified atom stereocenters. The third-order valence-electron chi connectivity index (χ3n) is 5.84. The fourth-order valence-electron chi connectivity index (χ4n) is 4.47. The van der Waals surface area contributed by atoms with Gasteiger partial charge in [0.1, 0.15) is 6.04 Å². The van der Waals surface area contributed by atoms with Gasteiger partial charge in [-0.15, -0.1) is 0 Å². The lowest BCUT2D eigenvalue weighted by Gasteiger charge is -2.56. The van der Waals surface area contributed by atoms with Crippen molar-refractivity contribution in [3.05, 3.63) is 0 Å². The van der Waals surface area contributed by atoms with Crippen molar-refractivity contribution in [2.75, 3.05) is 13.1 Å². The quantitative estimate of drug-likeness (QED) is 0.733. The lowest BCUT2D eigenvalue weighted by atomic mass is 9.67. The number of hydrogen-bond donors (Lipinski definition) is 0. The van der Waals surface area contributed by atoms with Crippen LogP contribution in [0.15, 0.2) is 0 Å². The van der Waals surface area contributed by atoms with E-state index in [1.165, 1.54) is 0 Å². The molecule has 2 heterocycles. The molecule has 0 aromatic carbocycles. The van der Waals surface area contributed by atoms with Crippen molar-refractivity contribution < 1.29 is 9.59 Å². The number of rotatable bonds is 2. The summed E-state index contributed by atoms with van der Waals surface area (Å²) in [4.78, 5) is 29.5. The Kier molecular flexibility index (Phi) is 3.74. The zero-order valence-electron chi connectivity index (χ0n) is 13.6. The molecule has 2 saturated heterocycles. The van der Waals surface area contributed by atoms with Crippen LogP contribution in [-0.4, -0.2) is 46.8 Å². The van der Waals surface area contributed by atoms with Crippen LogP contribution in [-0.2, 0) is 9.59 Å². The molecule has 2 aliphatic heterocycles. The van der Waals surface area contributed by atoms with Gasteiger partial charge in [-0.2, -0.15) is 0 Å². The SMILES string of the molecule is CC1CCN(C(=O)C2N(C(C)C)C(=O)C23CCCC3)CC1. The van der Waals surface area contributed by atoms with Crippen LogP contribution in [0.4, 0.5) is 0 Å². The van der Waals surface area contributed by atoms with Gasteiger partial charge in [-0.3, -0.25) is 9.59 Å². The van der Waals surface area contributed by atoms with E-state index in [1.807, 2.05) is 23.6 Å². The van der Waals surface area contributed by atoms with Gasteiger partial charge in [-0.1, -0.05) is 19.8 Å². The van der Waals surface area contributed by atoms with Gasteiger partial charge in [0, 0.05) is 19.1 Å². The molecule has 4 heteroatoms. The molecular formula is C17H28N2O2. The highest BCUT2D eigenvalue weighted by atomic mass is 16.2. The number of likely N-dealkylation sites (tertiary alicyclic amines) is 2. The van der Waals surface area contributed by atoms with Gasteiger partial charge in [0.25, 0.3) is 0 Å². The van der Waals surface area contributed by atoms with Crippen molar-refractivity contribution in [1.82, 2.24) is 9.80 Å². The van der Waals surface area contributed by atoms with Crippen molar-refractivity contribution in [2.45, 2.75) is 71.4 Å². The Morgan fingerprint density at radius 2 is 1.76 bits per heavy atom. The standard InChI is InChI=1S/C17H28N2O2/c1-12(2)19-14(17(16(19)21)8-4-5-9-17)15(20)18-10-6-13(3)7-11-18/h12-14H,4-11H2,1-3H3. The molecule has 21 heavy (non-hydrogen) atoms. The maximum absolute atomic E-state index is 13.0. The van der Waals surface area contributed by atoms with Crippen molar-refractivity contribution >= 4 is 11.8 Å². The highest BCUT2D eigenvalue weighted by molar-refractivity contribution is 6.02. The second-order valence-electron chi connectivity index (χ2n) is 7.58. The second-order valence-corrected chi connectivity index (χ2v) is 7.58. The van der Waals surface area contributed by atoms with Crippen LogP contribution in [0.1, 0.15) is 59.3 Å². The van der Waals surface area contributed by atoms with Crippen molar-refractivity contribution in [2.24, 2.45) is 11.3 Å². The minimum absolute atomic E-state index is 0.126. The summed E-state index contributed by atoms with van der Waals surface area (Å²) >= 11 is 0. The number of carbonyl (C=O) groups excluding carboxylic acids is 2. The second kappa shape index (κ2) is 5.29. The Labute approximate surface area is 127 Å². The van der Waals surface area contributed by atoms with Gasteiger partial charge < -0.3 is 9.80 Å². The molecule has 0 radical (unpaired) electrons. The lowest BCUT2D eigenvalue weighted by Crippen LogP contribution is -2.74. The molecule has 0 bridgehead atoms. The Hall–Kier alpha value is -1.06. The summed E-state index contributed by atoms with van der Waals surface area (Å²) in [6.45, 7) is 8.05. The summed E-state index contributed by atoms with van der Waals surface area (Å²) in [6.07, 6.45) is 6.21. The van der Waals surface area contributed by atoms with Crippen LogP contribution < -0.4 is 0 Å². The highest BCUT2D eigenvalue weighted by Gasteiger charge is 2.65. The Morgan fingerprint density at radius 3 is 2.29 bits per heavy atom. The van der Waals surface area contributed by atoms with E-state index < -0.39 is 0 Å². The molecule has 1 atom stereocenters. The minimum Gasteiger partial charge on any atom is -0.341 e. The average Bonchev–Trinajstić information content (AvgIpc) is 2.95. The van der Waals surface area contributed by atoms with Crippen LogP contribution in [0.3, 0.4) is 0 Å². The number of piperidine rings is 1. The molecule has 3 aliphatic rings. The first-order chi connectivity index (χ1) is 9.97. The predicted molar refractivity (Wildman–Crippen MR) is 81.6 cm³/mol. The third kappa shape index (κ3) is 2.18. The number of carbonyl (C=O) groups is 2. The molecule has 3 rings (SSSR count). The van der Waals surface area contributed by atoms with Crippen molar-refractivity contribution in [1.29, 1.82) is 0 Å². The topological polar surface area (TPSA) is 40.6 Å². The maximum Gasteiger partial charge on any atom is 0.246 e. The monoisotopic (exact) mass is 292 g/mol. The summed E-state index contributed by atoms with van der Waals surface area (Å²) in [6, 6.07) is -0.0534. The fourth-order valence-corrected chi connectivity index (χ4v) is 4.47. The molecule has 1 saturated carbocycles. The molecule has 0 N–H and O–H groups in total. The van der Waals surface area contributed by atoms with Crippen molar-refractivity contribution in [3.8, 4) is 0 Å². The summed E-state index contributed by atoms with van der Waals surface area (Å²) in [5.74, 6) is 1.18. The number of amides is 2. The van der Waals surface area contributed by atoms with Gasteiger partial charge in [0.2, 0.25) is 11.8 Å². The van der Waals surface area contributed by atoms with E-state index >= 15 is 0 Å². The van der Waals surface area contributed by atoms with E-state index in [0.29, 0.717) is 0 Å². The summed E-state index contributed by atoms with van der Waals surface area (Å²) in [7, 11) is 0. The molecule has 0 aromatic rings. The zero-order chi connectivity index (χ0) is 15.2. The fraction of sp³-hybridized carbons (Fsp3) is 0.882. The number of nitrogens with zero attached hydrogens (tertiary/aromatic N) is 2. The first kappa shape index (κ1) is 14.9. The van der Waals surface area contributed by atoms with Crippen LogP contribution in [0.5, 0.6) is 0 Å². The van der Waals surface area contributed by atoms with Gasteiger partial charge in [-0.25, -0.2) is 0 Å². The average molecular weight is 292 g/mol. The molecule has 1 spiro atoms. The number of β-lactam (4-membered cyclic amide) rings is 1. The van der Waals surface area contributed by atoms with Crippen LogP contribution >= 0.6 is 0 Å². The molecule has 3 fully saturated rings. The van der Waals surface area contributed by atoms with E-state index in [0.717, 1.165) is 57.5 Å². The van der Waals surface area contributed by atoms with Crippen molar-refractivity contribution in [3.63, 3.8) is 0 Å². The van der Waals surface area contributed by atoms with E-state index in [-0.39, 0.29) is 29.3 Å². The summed E-state index contributed by atoms with van der Waals surface area (Å²) < 4.78 is 0. The summed E-state index contributed by atoms with van der Waals surface area (Å²) in [5, 5.41) is 0. The van der Waals surface area contributed by atoms with Gasteiger partial charge in [0.05, 0.1) is 5.41 Å². The molecule has 2 amide bonds. The first-order valence-corrected chi connectivity index (χ1v) is 8.59. The smallest absolute Gasteiger partial charge is 0.246 e. The normalized spacial score (nSPS) is 29.3. The Morgan fingerprint density at radius 1 is 1.19 bits per heavy atom.